The van der Waals surface area contributed by atoms with Gasteiger partial charge in [-0.15, -0.1) is 0 Å². The second kappa shape index (κ2) is 10.8. The Bertz CT molecular complexity index is 1090. The van der Waals surface area contributed by atoms with E-state index in [-0.39, 0.29) is 10.8 Å². The summed E-state index contributed by atoms with van der Waals surface area (Å²) in [5.41, 5.74) is 2.89. The van der Waals surface area contributed by atoms with E-state index in [9.17, 15) is 13.2 Å². The van der Waals surface area contributed by atoms with Crippen LogP contribution in [0.5, 0.6) is 0 Å². The molecule has 2 aromatic rings. The Morgan fingerprint density at radius 1 is 1.03 bits per heavy atom. The summed E-state index contributed by atoms with van der Waals surface area (Å²) in [6, 6.07) is 15.1. The number of aliphatic imine (C=N–C) groups is 1. The van der Waals surface area contributed by atoms with Crippen molar-refractivity contribution in [1.82, 2.24) is 10.0 Å². The van der Waals surface area contributed by atoms with Crippen LogP contribution in [-0.4, -0.2) is 53.0 Å². The summed E-state index contributed by atoms with van der Waals surface area (Å²) in [5.74, 6) is 0.444. The summed E-state index contributed by atoms with van der Waals surface area (Å²) in [7, 11) is -3.49. The van der Waals surface area contributed by atoms with Gasteiger partial charge in [0.2, 0.25) is 5.91 Å². The lowest BCUT2D eigenvalue weighted by Gasteiger charge is -2.28. The third-order valence-corrected chi connectivity index (χ3v) is 7.19. The Hall–Kier alpha value is -2.91. The van der Waals surface area contributed by atoms with E-state index in [0.717, 1.165) is 51.1 Å². The highest BCUT2D eigenvalue weighted by Gasteiger charge is 2.29. The summed E-state index contributed by atoms with van der Waals surface area (Å²) in [6.07, 6.45) is 2.89. The molecule has 0 spiro atoms. The van der Waals surface area contributed by atoms with E-state index in [0.29, 0.717) is 30.9 Å². The van der Waals surface area contributed by atoms with Gasteiger partial charge in [0.1, 0.15) is 5.84 Å². The number of morpholine rings is 1. The molecular formula is C24H30N4O4S. The zero-order valence-corrected chi connectivity index (χ0v) is 19.4. The molecule has 0 unspecified atom stereocenters. The van der Waals surface area contributed by atoms with Crippen LogP contribution in [0, 0.1) is 0 Å². The topological polar surface area (TPSA) is 100 Å². The number of carbonyl (C=O) groups is 1. The van der Waals surface area contributed by atoms with Crippen LogP contribution < -0.4 is 14.9 Å². The number of benzene rings is 2. The van der Waals surface area contributed by atoms with Crippen LogP contribution in [0.3, 0.4) is 0 Å². The van der Waals surface area contributed by atoms with E-state index in [1.165, 1.54) is 5.69 Å². The second-order valence-electron chi connectivity index (χ2n) is 8.19. The number of sulfonamides is 1. The van der Waals surface area contributed by atoms with Gasteiger partial charge < -0.3 is 15.0 Å². The summed E-state index contributed by atoms with van der Waals surface area (Å²) < 4.78 is 32.1. The first-order chi connectivity index (χ1) is 16.0. The number of rotatable bonds is 9. The lowest BCUT2D eigenvalue weighted by molar-refractivity contribution is -0.121. The number of anilines is 1. The van der Waals surface area contributed by atoms with E-state index in [2.05, 4.69) is 44.2 Å². The molecule has 1 saturated heterocycles. The largest absolute Gasteiger partial charge is 0.378 e. The van der Waals surface area contributed by atoms with Crippen molar-refractivity contribution in [3.05, 3.63) is 59.7 Å². The smallest absolute Gasteiger partial charge is 0.263 e. The van der Waals surface area contributed by atoms with Gasteiger partial charge in [-0.25, -0.2) is 8.42 Å². The minimum Gasteiger partial charge on any atom is -0.378 e. The van der Waals surface area contributed by atoms with E-state index >= 15 is 0 Å². The molecule has 0 radical (unpaired) electrons. The van der Waals surface area contributed by atoms with Gasteiger partial charge in [0.05, 0.1) is 18.1 Å². The molecule has 4 rings (SSSR count). The van der Waals surface area contributed by atoms with Gasteiger partial charge in [0, 0.05) is 43.9 Å². The number of nitrogens with one attached hydrogen (secondary N) is 2. The average Bonchev–Trinajstić information content (AvgIpc) is 3.11. The van der Waals surface area contributed by atoms with Gasteiger partial charge in [-0.05, 0) is 42.7 Å². The third kappa shape index (κ3) is 6.11. The number of carbonyl (C=O) groups excluding carboxylic acids is 1. The van der Waals surface area contributed by atoms with E-state index in [1.807, 2.05) is 0 Å². The third-order valence-electron chi connectivity index (χ3n) is 5.80. The van der Waals surface area contributed by atoms with Crippen LogP contribution in [0.15, 0.2) is 58.4 Å². The first kappa shape index (κ1) is 23.3. The van der Waals surface area contributed by atoms with Gasteiger partial charge in [-0.3, -0.25) is 14.5 Å². The summed E-state index contributed by atoms with van der Waals surface area (Å²) >= 11 is 0. The van der Waals surface area contributed by atoms with E-state index < -0.39 is 10.0 Å². The highest BCUT2D eigenvalue weighted by atomic mass is 32.2. The molecule has 9 heteroatoms. The molecule has 2 aromatic carbocycles. The maximum atomic E-state index is 12.1. The van der Waals surface area contributed by atoms with Crippen LogP contribution in [-0.2, 0) is 26.1 Å². The Balaban J connectivity index is 1.13. The minimum absolute atomic E-state index is 0.0380. The van der Waals surface area contributed by atoms with Crippen molar-refractivity contribution in [2.75, 3.05) is 37.7 Å². The van der Waals surface area contributed by atoms with Crippen LogP contribution in [0.1, 0.15) is 36.8 Å². The highest BCUT2D eigenvalue weighted by Crippen LogP contribution is 2.22. The van der Waals surface area contributed by atoms with Crippen LogP contribution in [0.2, 0.25) is 0 Å². The Morgan fingerprint density at radius 3 is 2.58 bits per heavy atom. The predicted octanol–water partition coefficient (Wildman–Crippen LogP) is 2.44. The molecule has 1 fully saturated rings. The molecule has 2 N–H and O–H groups in total. The molecule has 2 heterocycles. The number of nitrogens with zero attached hydrogens (tertiary/aromatic N) is 2. The first-order valence-corrected chi connectivity index (χ1v) is 12.9. The van der Waals surface area contributed by atoms with E-state index in [4.69, 9.17) is 4.74 Å². The lowest BCUT2D eigenvalue weighted by atomic mass is 10.1. The molecule has 2 aliphatic heterocycles. The highest BCUT2D eigenvalue weighted by molar-refractivity contribution is 7.90. The molecule has 1 amide bonds. The fourth-order valence-corrected chi connectivity index (χ4v) is 5.20. The minimum atomic E-state index is -3.49. The Labute approximate surface area is 195 Å². The number of hydrogen-bond donors (Lipinski definition) is 2. The predicted molar refractivity (Wildman–Crippen MR) is 128 cm³/mol. The molecular weight excluding hydrogens is 440 g/mol. The molecule has 0 aliphatic carbocycles. The maximum Gasteiger partial charge on any atom is 0.263 e. The molecule has 2 aliphatic rings. The number of amides is 1. The lowest BCUT2D eigenvalue weighted by Crippen LogP contribution is -2.36. The first-order valence-electron chi connectivity index (χ1n) is 11.4. The van der Waals surface area contributed by atoms with Crippen LogP contribution in [0.4, 0.5) is 5.69 Å². The second-order valence-corrected chi connectivity index (χ2v) is 9.84. The van der Waals surface area contributed by atoms with Crippen molar-refractivity contribution < 1.29 is 17.9 Å². The number of amidine groups is 1. The van der Waals surface area contributed by atoms with Crippen molar-refractivity contribution in [3.63, 3.8) is 0 Å². The molecule has 0 aromatic heterocycles. The Kier molecular flexibility index (Phi) is 7.61. The van der Waals surface area contributed by atoms with Gasteiger partial charge in [-0.2, -0.15) is 0 Å². The molecule has 8 nitrogen and oxygen atoms in total. The molecule has 176 valence electrons. The Morgan fingerprint density at radius 2 is 1.79 bits per heavy atom. The van der Waals surface area contributed by atoms with Crippen molar-refractivity contribution in [1.29, 1.82) is 0 Å². The SMILES string of the molecule is O=C(CCCCCN=C1NS(=O)(=O)c2ccccc21)NCc1ccc(N2CCOCC2)cc1. The van der Waals surface area contributed by atoms with Gasteiger partial charge in [0.15, 0.2) is 0 Å². The zero-order chi connectivity index (χ0) is 23.1. The van der Waals surface area contributed by atoms with Gasteiger partial charge >= 0.3 is 0 Å². The molecule has 33 heavy (non-hydrogen) atoms. The van der Waals surface area contributed by atoms with Crippen LogP contribution in [0.25, 0.3) is 0 Å². The average molecular weight is 471 g/mol. The van der Waals surface area contributed by atoms with Gasteiger partial charge in [-0.1, -0.05) is 30.7 Å². The molecule has 0 bridgehead atoms. The van der Waals surface area contributed by atoms with Crippen molar-refractivity contribution in [2.45, 2.75) is 37.1 Å². The number of hydrogen-bond acceptors (Lipinski definition) is 6. The van der Waals surface area contributed by atoms with E-state index in [1.54, 1.807) is 24.3 Å². The number of unbranched alkanes of at least 4 members (excludes halogenated alkanes) is 2. The summed E-state index contributed by atoms with van der Waals surface area (Å²) in [6.45, 7) is 4.38. The fraction of sp³-hybridized carbons (Fsp3) is 0.417. The van der Waals surface area contributed by atoms with Crippen molar-refractivity contribution in [3.8, 4) is 0 Å². The normalized spacial score (nSPS) is 18.1. The molecule has 0 atom stereocenters. The number of fused-ring (bicyclic) bond motifs is 1. The standard InChI is InChI=1S/C24H30N4O4S/c29-23(26-18-19-9-11-20(12-10-19)28-14-16-32-17-15-28)8-2-1-5-13-25-24-21-6-3-4-7-22(21)33(30,31)27-24/h3-4,6-7,9-12H,1-2,5,8,13-18H2,(H,25,27)(H,26,29). The quantitative estimate of drug-likeness (QED) is 0.549. The van der Waals surface area contributed by atoms with Crippen molar-refractivity contribution >= 4 is 27.5 Å². The summed E-state index contributed by atoms with van der Waals surface area (Å²) in [5, 5.41) is 2.98. The summed E-state index contributed by atoms with van der Waals surface area (Å²) in [4.78, 5) is 19.1. The molecule has 0 saturated carbocycles. The van der Waals surface area contributed by atoms with Crippen molar-refractivity contribution in [2.24, 2.45) is 4.99 Å². The monoisotopic (exact) mass is 470 g/mol. The van der Waals surface area contributed by atoms with Gasteiger partial charge in [0.25, 0.3) is 10.0 Å². The number of ether oxygens (including phenoxy) is 1. The van der Waals surface area contributed by atoms with Crippen LogP contribution >= 0.6 is 0 Å². The maximum absolute atomic E-state index is 12.1. The zero-order valence-electron chi connectivity index (χ0n) is 18.6. The fourth-order valence-electron chi connectivity index (χ4n) is 3.95.